The first-order valence-corrected chi connectivity index (χ1v) is 8.91. The molecule has 4 rings (SSSR count). The summed E-state index contributed by atoms with van der Waals surface area (Å²) in [5.41, 5.74) is 1.95. The molecule has 1 aliphatic rings. The summed E-state index contributed by atoms with van der Waals surface area (Å²) in [4.78, 5) is 4.84. The third-order valence-corrected chi connectivity index (χ3v) is 5.31. The van der Waals surface area contributed by atoms with Gasteiger partial charge in [-0.3, -0.25) is 4.90 Å². The van der Waals surface area contributed by atoms with Crippen LogP contribution in [0.15, 0.2) is 48.5 Å². The van der Waals surface area contributed by atoms with Crippen LogP contribution in [0.2, 0.25) is 0 Å². The van der Waals surface area contributed by atoms with E-state index in [1.807, 2.05) is 18.2 Å². The molecule has 5 heteroatoms. The highest BCUT2D eigenvalue weighted by molar-refractivity contribution is 7.13. The van der Waals surface area contributed by atoms with Crippen LogP contribution in [-0.2, 0) is 6.54 Å². The number of aromatic nitrogens is 1. The van der Waals surface area contributed by atoms with Crippen LogP contribution in [0.1, 0.15) is 11.1 Å². The predicted octanol–water partition coefficient (Wildman–Crippen LogP) is 3.49. The predicted molar refractivity (Wildman–Crippen MR) is 98.3 cm³/mol. The van der Waals surface area contributed by atoms with E-state index in [1.165, 1.54) is 15.6 Å². The average Bonchev–Trinajstić information content (AvgIpc) is 3.07. The molecule has 0 saturated carbocycles. The molecule has 120 valence electrons. The second-order valence-corrected chi connectivity index (χ2v) is 6.88. The molecule has 0 radical (unpaired) electrons. The fourth-order valence-electron chi connectivity index (χ4n) is 3.22. The van der Waals surface area contributed by atoms with Gasteiger partial charge in [-0.05, 0) is 41.4 Å². The third-order valence-electron chi connectivity index (χ3n) is 4.49. The van der Waals surface area contributed by atoms with Crippen molar-refractivity contribution in [2.45, 2.75) is 6.54 Å². The van der Waals surface area contributed by atoms with E-state index in [4.69, 9.17) is 5.26 Å². The highest BCUT2D eigenvalue weighted by Gasteiger charge is 2.20. The summed E-state index contributed by atoms with van der Waals surface area (Å²) in [5.74, 6) is 1.13. The van der Waals surface area contributed by atoms with Crippen molar-refractivity contribution in [2.75, 3.05) is 31.1 Å². The van der Waals surface area contributed by atoms with Crippen molar-refractivity contribution in [3.05, 3.63) is 59.7 Å². The van der Waals surface area contributed by atoms with Gasteiger partial charge in [-0.15, -0.1) is 0 Å². The lowest BCUT2D eigenvalue weighted by Gasteiger charge is -2.35. The zero-order chi connectivity index (χ0) is 16.4. The van der Waals surface area contributed by atoms with Crippen molar-refractivity contribution in [2.24, 2.45) is 0 Å². The highest BCUT2D eigenvalue weighted by atomic mass is 32.1. The summed E-state index contributed by atoms with van der Waals surface area (Å²) in [6, 6.07) is 18.6. The Balaban J connectivity index is 1.42. The Morgan fingerprint density at radius 3 is 2.71 bits per heavy atom. The second kappa shape index (κ2) is 6.60. The van der Waals surface area contributed by atoms with Crippen molar-refractivity contribution >= 4 is 27.4 Å². The zero-order valence-electron chi connectivity index (χ0n) is 13.4. The third kappa shape index (κ3) is 2.99. The van der Waals surface area contributed by atoms with E-state index in [2.05, 4.69) is 50.6 Å². The van der Waals surface area contributed by atoms with Gasteiger partial charge < -0.3 is 4.90 Å². The van der Waals surface area contributed by atoms with Crippen molar-refractivity contribution < 1.29 is 0 Å². The number of hydrogen-bond donors (Lipinski definition) is 0. The summed E-state index contributed by atoms with van der Waals surface area (Å²) in [6.07, 6.45) is 0. The Kier molecular flexibility index (Phi) is 4.16. The van der Waals surface area contributed by atoms with E-state index in [1.54, 1.807) is 11.5 Å². The number of piperazine rings is 1. The molecule has 0 aliphatic carbocycles. The molecule has 0 unspecified atom stereocenters. The minimum Gasteiger partial charge on any atom is -0.353 e. The van der Waals surface area contributed by atoms with Gasteiger partial charge in [0.1, 0.15) is 5.82 Å². The first-order chi connectivity index (χ1) is 11.8. The minimum atomic E-state index is 0.736. The fourth-order valence-corrected chi connectivity index (χ4v) is 4.01. The molecule has 0 spiro atoms. The lowest BCUT2D eigenvalue weighted by Crippen LogP contribution is -2.46. The molecule has 0 amide bonds. The number of hydrogen-bond acceptors (Lipinski definition) is 5. The number of nitrogens with zero attached hydrogens (tertiary/aromatic N) is 4. The number of anilines is 1. The maximum Gasteiger partial charge on any atom is 0.150 e. The van der Waals surface area contributed by atoms with Gasteiger partial charge in [0.2, 0.25) is 0 Å². The Morgan fingerprint density at radius 2 is 1.88 bits per heavy atom. The molecule has 1 aromatic heterocycles. The largest absolute Gasteiger partial charge is 0.353 e. The van der Waals surface area contributed by atoms with Crippen LogP contribution in [0.25, 0.3) is 10.1 Å². The number of fused-ring (bicyclic) bond motifs is 1. The number of benzene rings is 2. The van der Waals surface area contributed by atoms with Gasteiger partial charge in [0.05, 0.1) is 16.3 Å². The molecule has 2 heterocycles. The van der Waals surface area contributed by atoms with Crippen molar-refractivity contribution in [3.8, 4) is 6.07 Å². The fraction of sp³-hybridized carbons (Fsp3) is 0.263. The standard InChI is InChI=1S/C19H18N4S/c20-13-15-4-3-5-16(12-15)14-22-8-10-23(11-9-22)19-17-6-1-2-7-18(17)24-21-19/h1-7,12H,8-11,14H2. The lowest BCUT2D eigenvalue weighted by atomic mass is 10.1. The van der Waals surface area contributed by atoms with Gasteiger partial charge in [0, 0.05) is 38.1 Å². The highest BCUT2D eigenvalue weighted by Crippen LogP contribution is 2.29. The van der Waals surface area contributed by atoms with Gasteiger partial charge in [-0.1, -0.05) is 24.3 Å². The van der Waals surface area contributed by atoms with Gasteiger partial charge in [0.25, 0.3) is 0 Å². The number of nitriles is 1. The van der Waals surface area contributed by atoms with Crippen LogP contribution >= 0.6 is 11.5 Å². The molecule has 24 heavy (non-hydrogen) atoms. The smallest absolute Gasteiger partial charge is 0.150 e. The maximum absolute atomic E-state index is 9.02. The monoisotopic (exact) mass is 334 g/mol. The average molecular weight is 334 g/mol. The molecule has 0 N–H and O–H groups in total. The SMILES string of the molecule is N#Cc1cccc(CN2CCN(c3nsc4ccccc34)CC2)c1. The van der Waals surface area contributed by atoms with Crippen LogP contribution in [0, 0.1) is 11.3 Å². The molecule has 1 saturated heterocycles. The van der Waals surface area contributed by atoms with E-state index in [9.17, 15) is 0 Å². The quantitative estimate of drug-likeness (QED) is 0.735. The van der Waals surface area contributed by atoms with Crippen LogP contribution in [0.3, 0.4) is 0 Å². The Morgan fingerprint density at radius 1 is 1.04 bits per heavy atom. The molecular formula is C19H18N4S. The molecular weight excluding hydrogens is 316 g/mol. The lowest BCUT2D eigenvalue weighted by molar-refractivity contribution is 0.249. The van der Waals surface area contributed by atoms with Crippen molar-refractivity contribution in [1.29, 1.82) is 5.26 Å². The van der Waals surface area contributed by atoms with E-state index in [0.717, 1.165) is 44.1 Å². The molecule has 1 fully saturated rings. The van der Waals surface area contributed by atoms with Gasteiger partial charge in [0.15, 0.2) is 0 Å². The van der Waals surface area contributed by atoms with Crippen molar-refractivity contribution in [3.63, 3.8) is 0 Å². The number of rotatable bonds is 3. The summed E-state index contributed by atoms with van der Waals surface area (Å²) in [6.45, 7) is 4.92. The van der Waals surface area contributed by atoms with Gasteiger partial charge in [-0.2, -0.15) is 9.64 Å². The first-order valence-electron chi connectivity index (χ1n) is 8.14. The molecule has 4 nitrogen and oxygen atoms in total. The van der Waals surface area contributed by atoms with Crippen LogP contribution in [0.4, 0.5) is 5.82 Å². The van der Waals surface area contributed by atoms with E-state index < -0.39 is 0 Å². The molecule has 0 atom stereocenters. The van der Waals surface area contributed by atoms with Crippen LogP contribution in [0.5, 0.6) is 0 Å². The summed E-state index contributed by atoms with van der Waals surface area (Å²) < 4.78 is 5.92. The van der Waals surface area contributed by atoms with Crippen LogP contribution < -0.4 is 4.90 Å². The topological polar surface area (TPSA) is 43.2 Å². The van der Waals surface area contributed by atoms with Crippen LogP contribution in [-0.4, -0.2) is 35.5 Å². The second-order valence-electron chi connectivity index (χ2n) is 6.08. The molecule has 0 bridgehead atoms. The van der Waals surface area contributed by atoms with Crippen molar-refractivity contribution in [1.82, 2.24) is 9.27 Å². The Bertz CT molecular complexity index is 888. The maximum atomic E-state index is 9.02. The molecule has 3 aromatic rings. The normalized spacial score (nSPS) is 15.5. The summed E-state index contributed by atoms with van der Waals surface area (Å²) in [5, 5.41) is 10.3. The van der Waals surface area contributed by atoms with Gasteiger partial charge >= 0.3 is 0 Å². The zero-order valence-corrected chi connectivity index (χ0v) is 14.2. The molecule has 1 aliphatic heterocycles. The van der Waals surface area contributed by atoms with E-state index >= 15 is 0 Å². The first kappa shape index (κ1) is 15.1. The summed E-state index contributed by atoms with van der Waals surface area (Å²) in [7, 11) is 0. The summed E-state index contributed by atoms with van der Waals surface area (Å²) >= 11 is 1.58. The minimum absolute atomic E-state index is 0.736. The Hall–Kier alpha value is -2.42. The molecule has 2 aromatic carbocycles. The van der Waals surface area contributed by atoms with E-state index in [-0.39, 0.29) is 0 Å². The Labute approximate surface area is 145 Å². The van der Waals surface area contributed by atoms with Gasteiger partial charge in [-0.25, -0.2) is 0 Å². The van der Waals surface area contributed by atoms with E-state index in [0.29, 0.717) is 0 Å².